The summed E-state index contributed by atoms with van der Waals surface area (Å²) in [6.45, 7) is 3.91. The number of imidazole rings is 1. The van der Waals surface area contributed by atoms with Crippen molar-refractivity contribution in [1.29, 1.82) is 0 Å². The summed E-state index contributed by atoms with van der Waals surface area (Å²) < 4.78 is 29.6. The van der Waals surface area contributed by atoms with Crippen molar-refractivity contribution < 1.29 is 13.6 Å². The van der Waals surface area contributed by atoms with Gasteiger partial charge in [-0.1, -0.05) is 13.8 Å². The monoisotopic (exact) mass is 530 g/mol. The number of hydrogen-bond acceptors (Lipinski definition) is 7. The van der Waals surface area contributed by atoms with E-state index < -0.39 is 5.82 Å². The fraction of sp³-hybridized carbons (Fsp3) is 0.154. The quantitative estimate of drug-likeness (QED) is 0.244. The molecule has 0 aromatic carbocycles. The van der Waals surface area contributed by atoms with E-state index in [1.54, 1.807) is 24.4 Å². The lowest BCUT2D eigenvalue weighted by Gasteiger charge is -2.09. The number of amides is 1. The zero-order valence-corrected chi connectivity index (χ0v) is 21.0. The molecule has 38 heavy (non-hydrogen) atoms. The van der Waals surface area contributed by atoms with Gasteiger partial charge in [0.15, 0.2) is 16.6 Å². The third kappa shape index (κ3) is 4.28. The van der Waals surface area contributed by atoms with Crippen molar-refractivity contribution in [3.63, 3.8) is 0 Å². The number of halogens is 2. The van der Waals surface area contributed by atoms with Crippen molar-refractivity contribution in [3.8, 4) is 33.2 Å². The van der Waals surface area contributed by atoms with Crippen molar-refractivity contribution in [2.75, 3.05) is 5.32 Å². The number of nitrogens with one attached hydrogen (secondary N) is 3. The van der Waals surface area contributed by atoms with Crippen LogP contribution in [0.3, 0.4) is 0 Å². The summed E-state index contributed by atoms with van der Waals surface area (Å²) in [6.07, 6.45) is 6.36. The Bertz CT molecular complexity index is 1820. The summed E-state index contributed by atoms with van der Waals surface area (Å²) in [5.74, 6) is -0.200. The third-order valence-electron chi connectivity index (χ3n) is 5.88. The van der Waals surface area contributed by atoms with Crippen molar-refractivity contribution in [2.24, 2.45) is 5.92 Å². The van der Waals surface area contributed by atoms with E-state index in [9.17, 15) is 9.18 Å². The molecular formula is C26H20F2N8OS. The predicted molar refractivity (Wildman–Crippen MR) is 141 cm³/mol. The smallest absolute Gasteiger partial charge is 0.224 e. The van der Waals surface area contributed by atoms with Crippen LogP contribution in [0.15, 0.2) is 49.1 Å². The first-order valence-electron chi connectivity index (χ1n) is 11.8. The highest BCUT2D eigenvalue weighted by Crippen LogP contribution is 2.35. The summed E-state index contributed by atoms with van der Waals surface area (Å²) >= 11 is 0.967. The molecule has 0 aliphatic rings. The number of hydrogen-bond donors (Lipinski definition) is 3. The van der Waals surface area contributed by atoms with Gasteiger partial charge in [0.25, 0.3) is 0 Å². The first-order chi connectivity index (χ1) is 18.4. The minimum Gasteiger partial charge on any atom is -0.336 e. The number of fused-ring (bicyclic) bond motifs is 2. The summed E-state index contributed by atoms with van der Waals surface area (Å²) in [6, 6.07) is 6.40. The first kappa shape index (κ1) is 23.8. The molecule has 0 unspecified atom stereocenters. The summed E-state index contributed by atoms with van der Waals surface area (Å²) in [5.41, 5.74) is 3.26. The largest absolute Gasteiger partial charge is 0.336 e. The van der Waals surface area contributed by atoms with E-state index in [1.807, 2.05) is 13.8 Å². The van der Waals surface area contributed by atoms with Gasteiger partial charge in [-0.3, -0.25) is 19.9 Å². The van der Waals surface area contributed by atoms with E-state index in [2.05, 4.69) is 40.4 Å². The normalized spacial score (nSPS) is 11.6. The zero-order valence-electron chi connectivity index (χ0n) is 20.2. The van der Waals surface area contributed by atoms with Gasteiger partial charge in [-0.15, -0.1) is 11.3 Å². The standard InChI is InChI=1S/C26H20F2N8OS/c1-12(2)7-19(37)32-14-8-13(9-29-10-14)15-11-31-25-20(21(15)28)24(35-36-25)26-33-16-5-6-30-23(22(16)34-26)17-3-4-18(27)38-17/h3-6,8-12H,7H2,1-2H3,(H,32,37)(H,33,34)(H,31,35,36). The topological polar surface area (TPSA) is 125 Å². The number of aromatic nitrogens is 7. The van der Waals surface area contributed by atoms with Gasteiger partial charge >= 0.3 is 0 Å². The molecule has 1 amide bonds. The highest BCUT2D eigenvalue weighted by Gasteiger charge is 2.22. The van der Waals surface area contributed by atoms with Gasteiger partial charge in [0.2, 0.25) is 5.91 Å². The molecule has 6 heterocycles. The Morgan fingerprint density at radius 2 is 1.97 bits per heavy atom. The number of thiophene rings is 1. The van der Waals surface area contributed by atoms with E-state index in [1.165, 1.54) is 24.7 Å². The van der Waals surface area contributed by atoms with Crippen LogP contribution in [0, 0.1) is 16.9 Å². The van der Waals surface area contributed by atoms with Crippen molar-refractivity contribution in [3.05, 3.63) is 60.0 Å². The van der Waals surface area contributed by atoms with E-state index in [4.69, 9.17) is 0 Å². The molecule has 6 rings (SSSR count). The molecule has 9 nitrogen and oxygen atoms in total. The van der Waals surface area contributed by atoms with Gasteiger partial charge in [0, 0.05) is 36.1 Å². The lowest BCUT2D eigenvalue weighted by molar-refractivity contribution is -0.116. The lowest BCUT2D eigenvalue weighted by atomic mass is 10.1. The molecule has 0 saturated heterocycles. The minimum atomic E-state index is -0.565. The lowest BCUT2D eigenvalue weighted by Crippen LogP contribution is -2.14. The molecule has 0 spiro atoms. The molecule has 190 valence electrons. The van der Waals surface area contributed by atoms with Crippen LogP contribution < -0.4 is 5.32 Å². The molecule has 0 aliphatic carbocycles. The second kappa shape index (κ2) is 9.38. The molecule has 0 atom stereocenters. The molecule has 0 saturated carbocycles. The van der Waals surface area contributed by atoms with Crippen LogP contribution in [0.4, 0.5) is 14.5 Å². The van der Waals surface area contributed by atoms with E-state index >= 15 is 4.39 Å². The van der Waals surface area contributed by atoms with Crippen LogP contribution in [-0.4, -0.2) is 41.0 Å². The molecular weight excluding hydrogens is 510 g/mol. The van der Waals surface area contributed by atoms with Gasteiger partial charge in [0.1, 0.15) is 22.7 Å². The van der Waals surface area contributed by atoms with Crippen LogP contribution in [0.5, 0.6) is 0 Å². The second-order valence-corrected chi connectivity index (χ2v) is 10.2. The van der Waals surface area contributed by atoms with Gasteiger partial charge in [-0.25, -0.2) is 14.4 Å². The van der Waals surface area contributed by atoms with Crippen molar-refractivity contribution >= 4 is 45.0 Å². The molecule has 6 aromatic rings. The summed E-state index contributed by atoms with van der Waals surface area (Å²) in [5, 5.41) is 9.65. The number of aromatic amines is 2. The average Bonchev–Trinajstić information content (AvgIpc) is 3.61. The number of carbonyl (C=O) groups excluding carboxylic acids is 1. The predicted octanol–water partition coefficient (Wildman–Crippen LogP) is 5.95. The van der Waals surface area contributed by atoms with E-state index in [0.717, 1.165) is 11.3 Å². The van der Waals surface area contributed by atoms with Crippen LogP contribution in [0.25, 0.3) is 55.3 Å². The van der Waals surface area contributed by atoms with E-state index in [-0.39, 0.29) is 39.2 Å². The number of nitrogens with zero attached hydrogens (tertiary/aromatic N) is 5. The Morgan fingerprint density at radius 1 is 1.11 bits per heavy atom. The molecule has 12 heteroatoms. The highest BCUT2D eigenvalue weighted by atomic mass is 32.1. The first-order valence-corrected chi connectivity index (χ1v) is 12.6. The molecule has 0 aliphatic heterocycles. The molecule has 0 radical (unpaired) electrons. The maximum Gasteiger partial charge on any atom is 0.224 e. The van der Waals surface area contributed by atoms with Gasteiger partial charge in [-0.05, 0) is 30.2 Å². The number of rotatable bonds is 6. The van der Waals surface area contributed by atoms with Crippen molar-refractivity contribution in [1.82, 2.24) is 35.1 Å². The van der Waals surface area contributed by atoms with E-state index in [0.29, 0.717) is 45.1 Å². The summed E-state index contributed by atoms with van der Waals surface area (Å²) in [7, 11) is 0. The fourth-order valence-corrected chi connectivity index (χ4v) is 4.96. The van der Waals surface area contributed by atoms with Crippen LogP contribution in [0.1, 0.15) is 20.3 Å². The Balaban J connectivity index is 1.42. The third-order valence-corrected chi connectivity index (χ3v) is 6.76. The molecule has 6 aromatic heterocycles. The zero-order chi connectivity index (χ0) is 26.4. The number of anilines is 1. The number of H-pyrrole nitrogens is 2. The maximum absolute atomic E-state index is 16.0. The molecule has 3 N–H and O–H groups in total. The minimum absolute atomic E-state index is 0.144. The summed E-state index contributed by atoms with van der Waals surface area (Å²) in [4.78, 5) is 33.5. The highest BCUT2D eigenvalue weighted by molar-refractivity contribution is 7.13. The maximum atomic E-state index is 16.0. The van der Waals surface area contributed by atoms with Gasteiger partial charge < -0.3 is 10.3 Å². The van der Waals surface area contributed by atoms with Gasteiger partial charge in [0.05, 0.1) is 27.7 Å². The van der Waals surface area contributed by atoms with Crippen molar-refractivity contribution in [2.45, 2.75) is 20.3 Å². The number of carbonyl (C=O) groups is 1. The van der Waals surface area contributed by atoms with Crippen LogP contribution >= 0.6 is 11.3 Å². The Hall–Kier alpha value is -4.58. The SMILES string of the molecule is CC(C)CC(=O)Nc1cncc(-c2cnc3[nH]nc(-c4nc5c(-c6ccc(F)s6)nccc5[nH]4)c3c2F)c1. The van der Waals surface area contributed by atoms with Gasteiger partial charge in [-0.2, -0.15) is 9.49 Å². The fourth-order valence-electron chi connectivity index (χ4n) is 4.23. The Labute approximate surface area is 218 Å². The van der Waals surface area contributed by atoms with Crippen LogP contribution in [-0.2, 0) is 4.79 Å². The number of pyridine rings is 3. The Kier molecular flexibility index (Phi) is 5.87. The molecule has 0 bridgehead atoms. The molecule has 0 fully saturated rings. The average molecular weight is 531 g/mol. The second-order valence-electron chi connectivity index (χ2n) is 9.14. The van der Waals surface area contributed by atoms with Crippen LogP contribution in [0.2, 0.25) is 0 Å². The Morgan fingerprint density at radius 3 is 2.76 bits per heavy atom.